The summed E-state index contributed by atoms with van der Waals surface area (Å²) < 4.78 is 5.50. The second-order valence-corrected chi connectivity index (χ2v) is 6.83. The van der Waals surface area contributed by atoms with Crippen LogP contribution in [0.4, 0.5) is 5.69 Å². The van der Waals surface area contributed by atoms with Crippen molar-refractivity contribution in [1.82, 2.24) is 15.5 Å². The number of carbonyl (C=O) groups is 1. The number of piperazine rings is 1. The lowest BCUT2D eigenvalue weighted by atomic mass is 10.1. The summed E-state index contributed by atoms with van der Waals surface area (Å²) in [6, 6.07) is 15.7. The normalized spacial score (nSPS) is 14.0. The Morgan fingerprint density at radius 1 is 1.10 bits per heavy atom. The molecule has 0 aliphatic carbocycles. The van der Waals surface area contributed by atoms with E-state index in [0.29, 0.717) is 12.1 Å². The molecule has 30 heavy (non-hydrogen) atoms. The van der Waals surface area contributed by atoms with Crippen LogP contribution in [0.5, 0.6) is 5.75 Å². The number of ether oxygens (including phenoxy) is 1. The van der Waals surface area contributed by atoms with Crippen molar-refractivity contribution < 1.29 is 9.53 Å². The first-order valence-electron chi connectivity index (χ1n) is 9.81. The Balaban J connectivity index is 0.00000320. The fourth-order valence-electron chi connectivity index (χ4n) is 3.53. The maximum atomic E-state index is 11.8. The van der Waals surface area contributed by atoms with E-state index in [9.17, 15) is 4.79 Å². The summed E-state index contributed by atoms with van der Waals surface area (Å²) in [4.78, 5) is 20.9. The maximum Gasteiger partial charge on any atom is 0.251 e. The van der Waals surface area contributed by atoms with Crippen LogP contribution in [0.2, 0.25) is 0 Å². The summed E-state index contributed by atoms with van der Waals surface area (Å²) in [5.41, 5.74) is 2.83. The number of halogens is 1. The highest BCUT2D eigenvalue weighted by Gasteiger charge is 2.21. The van der Waals surface area contributed by atoms with Crippen molar-refractivity contribution in [1.29, 1.82) is 0 Å². The molecule has 2 N–H and O–H groups in total. The molecule has 0 spiro atoms. The smallest absolute Gasteiger partial charge is 0.251 e. The van der Waals surface area contributed by atoms with E-state index in [1.807, 2.05) is 42.5 Å². The molecule has 7 nitrogen and oxygen atoms in total. The van der Waals surface area contributed by atoms with Gasteiger partial charge in [-0.05, 0) is 29.8 Å². The van der Waals surface area contributed by atoms with Crippen LogP contribution in [-0.4, -0.2) is 64.2 Å². The van der Waals surface area contributed by atoms with Gasteiger partial charge < -0.3 is 25.2 Å². The Kier molecular flexibility index (Phi) is 9.22. The fraction of sp³-hybridized carbons (Fsp3) is 0.364. The molecule has 0 unspecified atom stereocenters. The molecule has 1 amide bonds. The molecule has 3 rings (SSSR count). The molecule has 0 atom stereocenters. The van der Waals surface area contributed by atoms with Crippen molar-refractivity contribution in [2.75, 3.05) is 52.3 Å². The molecular weight excluding hydrogens is 493 g/mol. The Hall–Kier alpha value is -2.49. The lowest BCUT2D eigenvalue weighted by molar-refractivity contribution is 0.0963. The number of nitrogens with one attached hydrogen (secondary N) is 2. The Morgan fingerprint density at radius 2 is 1.83 bits per heavy atom. The van der Waals surface area contributed by atoms with Crippen LogP contribution >= 0.6 is 24.0 Å². The number of hydrogen-bond donors (Lipinski definition) is 2. The van der Waals surface area contributed by atoms with Crippen LogP contribution < -0.4 is 20.3 Å². The van der Waals surface area contributed by atoms with Crippen molar-refractivity contribution in [3.63, 3.8) is 0 Å². The van der Waals surface area contributed by atoms with Crippen molar-refractivity contribution in [3.8, 4) is 5.75 Å². The van der Waals surface area contributed by atoms with Gasteiger partial charge in [0.1, 0.15) is 5.75 Å². The first kappa shape index (κ1) is 23.8. The second kappa shape index (κ2) is 11.6. The van der Waals surface area contributed by atoms with Gasteiger partial charge in [0.25, 0.3) is 5.91 Å². The van der Waals surface area contributed by atoms with Crippen molar-refractivity contribution in [2.24, 2.45) is 4.99 Å². The molecular formula is C22H30IN5O2. The van der Waals surface area contributed by atoms with Gasteiger partial charge in [0, 0.05) is 52.4 Å². The molecule has 1 aliphatic rings. The third-order valence-electron chi connectivity index (χ3n) is 5.08. The number of benzene rings is 2. The quantitative estimate of drug-likeness (QED) is 0.359. The van der Waals surface area contributed by atoms with Crippen molar-refractivity contribution >= 4 is 41.5 Å². The molecule has 1 heterocycles. The molecule has 1 saturated heterocycles. The van der Waals surface area contributed by atoms with E-state index in [1.54, 1.807) is 21.2 Å². The maximum absolute atomic E-state index is 11.8. The molecule has 8 heteroatoms. The van der Waals surface area contributed by atoms with Gasteiger partial charge in [-0.15, -0.1) is 24.0 Å². The van der Waals surface area contributed by atoms with Gasteiger partial charge in [-0.1, -0.05) is 24.3 Å². The predicted octanol–water partition coefficient (Wildman–Crippen LogP) is 2.57. The van der Waals surface area contributed by atoms with E-state index in [0.717, 1.165) is 49.1 Å². The Labute approximate surface area is 195 Å². The standard InChI is InChI=1S/C22H29N5O2.HI/c1-23-21(28)18-8-6-7-17(15-18)16-25-22(24-2)27-13-11-26(12-14-27)19-9-4-5-10-20(19)29-3;/h4-10,15H,11-14,16H2,1-3H3,(H,23,28)(H,24,25);1H. The zero-order chi connectivity index (χ0) is 20.6. The van der Waals surface area contributed by atoms with Crippen LogP contribution in [0, 0.1) is 0 Å². The highest BCUT2D eigenvalue weighted by atomic mass is 127. The topological polar surface area (TPSA) is 69.2 Å². The van der Waals surface area contributed by atoms with Crippen LogP contribution in [0.25, 0.3) is 0 Å². The highest BCUT2D eigenvalue weighted by molar-refractivity contribution is 14.0. The van der Waals surface area contributed by atoms with E-state index in [2.05, 4.69) is 31.5 Å². The summed E-state index contributed by atoms with van der Waals surface area (Å²) in [5, 5.41) is 6.07. The first-order valence-corrected chi connectivity index (χ1v) is 9.81. The van der Waals surface area contributed by atoms with E-state index >= 15 is 0 Å². The summed E-state index contributed by atoms with van der Waals surface area (Å²) in [5.74, 6) is 1.69. The molecule has 2 aromatic carbocycles. The average molecular weight is 523 g/mol. The summed E-state index contributed by atoms with van der Waals surface area (Å²) >= 11 is 0. The minimum atomic E-state index is -0.0799. The monoisotopic (exact) mass is 523 g/mol. The van der Waals surface area contributed by atoms with Gasteiger partial charge in [0.2, 0.25) is 0 Å². The van der Waals surface area contributed by atoms with Gasteiger partial charge in [0.05, 0.1) is 12.8 Å². The third kappa shape index (κ3) is 5.78. The van der Waals surface area contributed by atoms with E-state index in [1.165, 1.54) is 0 Å². The SMILES string of the molecule is CN=C(NCc1cccc(C(=O)NC)c1)N1CCN(c2ccccc2OC)CC1.I. The Bertz CT molecular complexity index is 866. The molecule has 0 radical (unpaired) electrons. The number of guanidine groups is 1. The molecule has 0 bridgehead atoms. The van der Waals surface area contributed by atoms with Crippen LogP contribution in [0.3, 0.4) is 0 Å². The molecule has 1 aliphatic heterocycles. The zero-order valence-electron chi connectivity index (χ0n) is 17.7. The molecule has 1 fully saturated rings. The lowest BCUT2D eigenvalue weighted by Crippen LogP contribution is -2.52. The summed E-state index contributed by atoms with van der Waals surface area (Å²) in [6.07, 6.45) is 0. The molecule has 0 saturated carbocycles. The average Bonchev–Trinajstić information content (AvgIpc) is 2.79. The van der Waals surface area contributed by atoms with Gasteiger partial charge in [-0.2, -0.15) is 0 Å². The van der Waals surface area contributed by atoms with Crippen LogP contribution in [0.1, 0.15) is 15.9 Å². The lowest BCUT2D eigenvalue weighted by Gasteiger charge is -2.38. The predicted molar refractivity (Wildman–Crippen MR) is 132 cm³/mol. The third-order valence-corrected chi connectivity index (χ3v) is 5.08. The number of para-hydroxylation sites is 2. The number of aliphatic imine (C=N–C) groups is 1. The minimum Gasteiger partial charge on any atom is -0.495 e. The highest BCUT2D eigenvalue weighted by Crippen LogP contribution is 2.28. The van der Waals surface area contributed by atoms with Gasteiger partial charge >= 0.3 is 0 Å². The largest absolute Gasteiger partial charge is 0.495 e. The number of methoxy groups -OCH3 is 1. The van der Waals surface area contributed by atoms with Crippen LogP contribution in [0.15, 0.2) is 53.5 Å². The molecule has 2 aromatic rings. The number of hydrogen-bond acceptors (Lipinski definition) is 4. The first-order chi connectivity index (χ1) is 14.2. The second-order valence-electron chi connectivity index (χ2n) is 6.83. The Morgan fingerprint density at radius 3 is 2.50 bits per heavy atom. The number of anilines is 1. The van der Waals surface area contributed by atoms with Crippen LogP contribution in [-0.2, 0) is 6.54 Å². The van der Waals surface area contributed by atoms with E-state index in [-0.39, 0.29) is 29.9 Å². The number of rotatable bonds is 5. The van der Waals surface area contributed by atoms with Gasteiger partial charge in [-0.25, -0.2) is 0 Å². The number of nitrogens with zero attached hydrogens (tertiary/aromatic N) is 3. The van der Waals surface area contributed by atoms with Crippen molar-refractivity contribution in [3.05, 3.63) is 59.7 Å². The van der Waals surface area contributed by atoms with Gasteiger partial charge in [0.15, 0.2) is 5.96 Å². The summed E-state index contributed by atoms with van der Waals surface area (Å²) in [7, 11) is 5.15. The van der Waals surface area contributed by atoms with Gasteiger partial charge in [-0.3, -0.25) is 9.79 Å². The van der Waals surface area contributed by atoms with E-state index in [4.69, 9.17) is 4.74 Å². The number of amides is 1. The molecule has 0 aromatic heterocycles. The summed E-state index contributed by atoms with van der Waals surface area (Å²) in [6.45, 7) is 4.15. The van der Waals surface area contributed by atoms with E-state index < -0.39 is 0 Å². The minimum absolute atomic E-state index is 0. The van der Waals surface area contributed by atoms with Crippen molar-refractivity contribution in [2.45, 2.75) is 6.54 Å². The fourth-order valence-corrected chi connectivity index (χ4v) is 3.53. The molecule has 162 valence electrons. The zero-order valence-corrected chi connectivity index (χ0v) is 20.1. The number of carbonyl (C=O) groups excluding carboxylic acids is 1.